The molecule has 0 aliphatic heterocycles. The molecule has 0 aliphatic carbocycles. The van der Waals surface area contributed by atoms with Crippen molar-refractivity contribution in [3.63, 3.8) is 0 Å². The fourth-order valence-electron chi connectivity index (χ4n) is 0.764. The molecule has 0 amide bonds. The van der Waals surface area contributed by atoms with Crippen LogP contribution in [0.4, 0.5) is 22.0 Å². The highest BCUT2D eigenvalue weighted by molar-refractivity contribution is 5.29. The molecule has 0 unspecified atom stereocenters. The summed E-state index contributed by atoms with van der Waals surface area (Å²) in [6.45, 7) is 6.00. The molecule has 0 heterocycles. The van der Waals surface area contributed by atoms with Gasteiger partial charge < -0.3 is 4.74 Å². The summed E-state index contributed by atoms with van der Waals surface area (Å²) in [6, 6.07) is 0. The van der Waals surface area contributed by atoms with Crippen molar-refractivity contribution in [2.75, 3.05) is 7.11 Å². The lowest BCUT2D eigenvalue weighted by molar-refractivity contribution is 0.310. The van der Waals surface area contributed by atoms with E-state index in [9.17, 15) is 22.0 Å². The first kappa shape index (κ1) is 13.4. The molecule has 0 aliphatic rings. The van der Waals surface area contributed by atoms with Crippen molar-refractivity contribution in [2.24, 2.45) is 0 Å². The Balaban J connectivity index is 0.000000921. The molecule has 0 atom stereocenters. The van der Waals surface area contributed by atoms with Crippen LogP contribution in [0.25, 0.3) is 0 Å². The average molecular weight is 226 g/mol. The van der Waals surface area contributed by atoms with E-state index in [1.807, 2.05) is 0 Å². The van der Waals surface area contributed by atoms with Crippen molar-refractivity contribution < 1.29 is 26.7 Å². The lowest BCUT2D eigenvalue weighted by Crippen LogP contribution is -2.04. The molecule has 0 spiro atoms. The van der Waals surface area contributed by atoms with Crippen LogP contribution in [0, 0.1) is 29.1 Å². The molecule has 6 heteroatoms. The van der Waals surface area contributed by atoms with E-state index in [2.05, 4.69) is 17.9 Å². The van der Waals surface area contributed by atoms with Gasteiger partial charge >= 0.3 is 0 Å². The second-order valence-corrected chi connectivity index (χ2v) is 2.10. The van der Waals surface area contributed by atoms with Gasteiger partial charge in [0.05, 0.1) is 7.11 Å². The molecular formula is C9H7F5O. The summed E-state index contributed by atoms with van der Waals surface area (Å²) in [6.07, 6.45) is 0. The smallest absolute Gasteiger partial charge is 0.206 e. The first-order valence-electron chi connectivity index (χ1n) is 3.56. The minimum absolute atomic E-state index is 0.804. The van der Waals surface area contributed by atoms with Crippen LogP contribution in [-0.4, -0.2) is 7.11 Å². The van der Waals surface area contributed by atoms with E-state index in [0.717, 1.165) is 7.11 Å². The third kappa shape index (κ3) is 2.26. The molecule has 0 saturated carbocycles. The maximum Gasteiger partial charge on any atom is 0.206 e. The number of hydrogen-bond donors (Lipinski definition) is 0. The number of halogens is 5. The van der Waals surface area contributed by atoms with Gasteiger partial charge in [-0.3, -0.25) is 0 Å². The topological polar surface area (TPSA) is 9.23 Å². The summed E-state index contributed by atoms with van der Waals surface area (Å²) in [7, 11) is 0.804. The predicted molar refractivity (Wildman–Crippen MR) is 44.0 cm³/mol. The quantitative estimate of drug-likeness (QED) is 0.309. The maximum atomic E-state index is 12.6. The van der Waals surface area contributed by atoms with Crippen LogP contribution in [0.3, 0.4) is 0 Å². The molecule has 0 saturated heterocycles. The molecule has 0 radical (unpaired) electrons. The zero-order chi connectivity index (χ0) is 12.2. The second-order valence-electron chi connectivity index (χ2n) is 2.10. The number of methoxy groups -OCH3 is 1. The van der Waals surface area contributed by atoms with E-state index in [-0.39, 0.29) is 0 Å². The fraction of sp³-hybridized carbons (Fsp3) is 0.111. The Kier molecular flexibility index (Phi) is 4.77. The molecule has 1 aromatic rings. The molecule has 15 heavy (non-hydrogen) atoms. The number of rotatable bonds is 1. The lowest BCUT2D eigenvalue weighted by atomic mass is 10.3. The van der Waals surface area contributed by atoms with Crippen molar-refractivity contribution >= 4 is 0 Å². The van der Waals surface area contributed by atoms with E-state index in [1.165, 1.54) is 0 Å². The summed E-state index contributed by atoms with van der Waals surface area (Å²) in [5.41, 5.74) is 0. The SMILES string of the molecule is C=C.COc1c(F)c(F)c(F)c(F)c1F. The summed E-state index contributed by atoms with van der Waals surface area (Å²) in [5, 5.41) is 0. The van der Waals surface area contributed by atoms with Crippen LogP contribution >= 0.6 is 0 Å². The van der Waals surface area contributed by atoms with Crippen molar-refractivity contribution in [3.05, 3.63) is 42.2 Å². The third-order valence-corrected chi connectivity index (χ3v) is 1.37. The van der Waals surface area contributed by atoms with Gasteiger partial charge in [0.2, 0.25) is 29.1 Å². The van der Waals surface area contributed by atoms with Crippen LogP contribution in [0.2, 0.25) is 0 Å². The molecule has 0 aromatic heterocycles. The molecule has 0 bridgehead atoms. The van der Waals surface area contributed by atoms with Crippen molar-refractivity contribution in [2.45, 2.75) is 0 Å². The van der Waals surface area contributed by atoms with Crippen molar-refractivity contribution in [1.82, 2.24) is 0 Å². The standard InChI is InChI=1S/C7H3F5O.C2H4/c1-13-7-5(11)3(9)2(8)4(10)6(7)12;1-2/h1H3;1-2H2. The monoisotopic (exact) mass is 226 g/mol. The summed E-state index contributed by atoms with van der Waals surface area (Å²) in [4.78, 5) is 0. The van der Waals surface area contributed by atoms with Gasteiger partial charge in [-0.15, -0.1) is 13.2 Å². The van der Waals surface area contributed by atoms with E-state index in [4.69, 9.17) is 0 Å². The second kappa shape index (κ2) is 5.33. The number of ether oxygens (including phenoxy) is 1. The molecular weight excluding hydrogens is 219 g/mol. The van der Waals surface area contributed by atoms with E-state index in [0.29, 0.717) is 0 Å². The normalized spacial score (nSPS) is 9.20. The summed E-state index contributed by atoms with van der Waals surface area (Å²) < 4.78 is 66.2. The molecule has 1 rings (SSSR count). The minimum atomic E-state index is -2.20. The Labute approximate surface area is 82.8 Å². The first-order chi connectivity index (χ1) is 7.00. The zero-order valence-electron chi connectivity index (χ0n) is 7.71. The number of hydrogen-bond acceptors (Lipinski definition) is 1. The van der Waals surface area contributed by atoms with Gasteiger partial charge in [0.25, 0.3) is 0 Å². The molecule has 84 valence electrons. The average Bonchev–Trinajstić information content (AvgIpc) is 2.27. The van der Waals surface area contributed by atoms with Gasteiger partial charge in [-0.2, -0.15) is 8.78 Å². The third-order valence-electron chi connectivity index (χ3n) is 1.37. The largest absolute Gasteiger partial charge is 0.491 e. The van der Waals surface area contributed by atoms with Crippen LogP contribution < -0.4 is 4.74 Å². The summed E-state index contributed by atoms with van der Waals surface area (Å²) >= 11 is 0. The Morgan fingerprint density at radius 1 is 0.733 bits per heavy atom. The zero-order valence-corrected chi connectivity index (χ0v) is 7.71. The Morgan fingerprint density at radius 3 is 1.27 bits per heavy atom. The molecule has 0 fully saturated rings. The van der Waals surface area contributed by atoms with Gasteiger partial charge in [-0.1, -0.05) is 0 Å². The van der Waals surface area contributed by atoms with E-state index >= 15 is 0 Å². The molecule has 1 nitrogen and oxygen atoms in total. The van der Waals surface area contributed by atoms with E-state index < -0.39 is 34.8 Å². The predicted octanol–water partition coefficient (Wildman–Crippen LogP) is 3.19. The summed E-state index contributed by atoms with van der Waals surface area (Å²) in [5.74, 6) is -11.5. The Bertz CT molecular complexity index is 335. The minimum Gasteiger partial charge on any atom is -0.491 e. The highest BCUT2D eigenvalue weighted by Crippen LogP contribution is 2.28. The first-order valence-corrected chi connectivity index (χ1v) is 3.56. The van der Waals surface area contributed by atoms with Gasteiger partial charge in [0, 0.05) is 0 Å². The highest BCUT2D eigenvalue weighted by atomic mass is 19.2. The number of benzene rings is 1. The fourth-order valence-corrected chi connectivity index (χ4v) is 0.764. The lowest BCUT2D eigenvalue weighted by Gasteiger charge is -2.05. The van der Waals surface area contributed by atoms with Crippen LogP contribution in [0.15, 0.2) is 13.2 Å². The van der Waals surface area contributed by atoms with Gasteiger partial charge in [-0.25, -0.2) is 13.2 Å². The van der Waals surface area contributed by atoms with Gasteiger partial charge in [-0.05, 0) is 0 Å². The van der Waals surface area contributed by atoms with Gasteiger partial charge in [0.15, 0.2) is 5.75 Å². The van der Waals surface area contributed by atoms with Crippen LogP contribution in [-0.2, 0) is 0 Å². The Hall–Kier alpha value is -1.59. The van der Waals surface area contributed by atoms with Crippen LogP contribution in [0.1, 0.15) is 0 Å². The molecule has 0 N–H and O–H groups in total. The van der Waals surface area contributed by atoms with Crippen molar-refractivity contribution in [1.29, 1.82) is 0 Å². The van der Waals surface area contributed by atoms with Crippen molar-refractivity contribution in [3.8, 4) is 5.75 Å². The van der Waals surface area contributed by atoms with Gasteiger partial charge in [0.1, 0.15) is 0 Å². The van der Waals surface area contributed by atoms with Crippen LogP contribution in [0.5, 0.6) is 5.75 Å². The Morgan fingerprint density at radius 2 is 1.00 bits per heavy atom. The van der Waals surface area contributed by atoms with E-state index in [1.54, 1.807) is 0 Å². The highest BCUT2D eigenvalue weighted by Gasteiger charge is 2.26. The molecule has 1 aromatic carbocycles. The maximum absolute atomic E-state index is 12.6.